The summed E-state index contributed by atoms with van der Waals surface area (Å²) in [5.41, 5.74) is 5.55. The lowest BCUT2D eigenvalue weighted by Gasteiger charge is -2.21. The molecule has 0 aliphatic carbocycles. The maximum atomic E-state index is 12.1. The number of nitrogens with two attached hydrogens (primary N) is 1. The average molecular weight is 267 g/mol. The zero-order valence-corrected chi connectivity index (χ0v) is 11.4. The van der Waals surface area contributed by atoms with E-state index in [-0.39, 0.29) is 23.7 Å². The molecule has 0 saturated carbocycles. The topological polar surface area (TPSA) is 106 Å². The summed E-state index contributed by atoms with van der Waals surface area (Å²) >= 11 is 0. The Kier molecular flexibility index (Phi) is 5.35. The SMILES string of the molecule is CC(Cn1cccn1)NC(=O)C(C(N)=NO)C(C)C. The summed E-state index contributed by atoms with van der Waals surface area (Å²) in [5.74, 6) is -0.998. The van der Waals surface area contributed by atoms with E-state index in [1.165, 1.54) is 0 Å². The van der Waals surface area contributed by atoms with Gasteiger partial charge in [-0.05, 0) is 18.9 Å². The van der Waals surface area contributed by atoms with Gasteiger partial charge in [-0.1, -0.05) is 19.0 Å². The summed E-state index contributed by atoms with van der Waals surface area (Å²) in [6.07, 6.45) is 3.51. The van der Waals surface area contributed by atoms with Crippen LogP contribution in [0.1, 0.15) is 20.8 Å². The quantitative estimate of drug-likeness (QED) is 0.300. The summed E-state index contributed by atoms with van der Waals surface area (Å²) in [4.78, 5) is 12.1. The van der Waals surface area contributed by atoms with Crippen LogP contribution in [-0.2, 0) is 11.3 Å². The standard InChI is InChI=1S/C12H21N5O2/c1-8(2)10(11(13)16-19)12(18)15-9(3)7-17-6-4-5-14-17/h4-6,8-10,19H,7H2,1-3H3,(H2,13,16)(H,15,18). The van der Waals surface area contributed by atoms with Gasteiger partial charge in [0.1, 0.15) is 5.92 Å². The van der Waals surface area contributed by atoms with Gasteiger partial charge in [0, 0.05) is 18.4 Å². The Hall–Kier alpha value is -2.05. The Morgan fingerprint density at radius 2 is 2.21 bits per heavy atom. The van der Waals surface area contributed by atoms with Crippen molar-refractivity contribution in [1.82, 2.24) is 15.1 Å². The van der Waals surface area contributed by atoms with Gasteiger partial charge >= 0.3 is 0 Å². The highest BCUT2D eigenvalue weighted by Crippen LogP contribution is 2.11. The van der Waals surface area contributed by atoms with Crippen molar-refractivity contribution >= 4 is 11.7 Å². The predicted molar refractivity (Wildman–Crippen MR) is 71.6 cm³/mol. The molecule has 4 N–H and O–H groups in total. The number of rotatable bonds is 6. The molecule has 2 atom stereocenters. The molecule has 7 nitrogen and oxygen atoms in total. The summed E-state index contributed by atoms with van der Waals surface area (Å²) in [7, 11) is 0. The maximum absolute atomic E-state index is 12.1. The normalized spacial score (nSPS) is 15.3. The number of hydrogen-bond donors (Lipinski definition) is 3. The number of carbonyl (C=O) groups is 1. The van der Waals surface area contributed by atoms with Crippen LogP contribution in [0.2, 0.25) is 0 Å². The highest BCUT2D eigenvalue weighted by molar-refractivity contribution is 6.02. The molecule has 1 aromatic rings. The molecule has 0 aliphatic heterocycles. The molecule has 106 valence electrons. The second-order valence-corrected chi connectivity index (χ2v) is 4.88. The van der Waals surface area contributed by atoms with Gasteiger partial charge in [-0.25, -0.2) is 0 Å². The molecule has 0 aromatic carbocycles. The zero-order valence-electron chi connectivity index (χ0n) is 11.4. The number of carbonyl (C=O) groups excluding carboxylic acids is 1. The molecule has 0 saturated heterocycles. The smallest absolute Gasteiger partial charge is 0.231 e. The molecule has 1 heterocycles. The minimum atomic E-state index is -0.634. The minimum Gasteiger partial charge on any atom is -0.409 e. The van der Waals surface area contributed by atoms with E-state index < -0.39 is 5.92 Å². The fourth-order valence-corrected chi connectivity index (χ4v) is 1.91. The van der Waals surface area contributed by atoms with Crippen molar-refractivity contribution < 1.29 is 10.0 Å². The van der Waals surface area contributed by atoms with Gasteiger partial charge in [-0.15, -0.1) is 0 Å². The van der Waals surface area contributed by atoms with E-state index in [0.29, 0.717) is 6.54 Å². The van der Waals surface area contributed by atoms with Crippen molar-refractivity contribution in [3.8, 4) is 0 Å². The molecule has 0 aliphatic rings. The molecule has 1 amide bonds. The van der Waals surface area contributed by atoms with E-state index in [1.54, 1.807) is 10.9 Å². The second-order valence-electron chi connectivity index (χ2n) is 4.88. The molecule has 0 spiro atoms. The van der Waals surface area contributed by atoms with Crippen LogP contribution < -0.4 is 11.1 Å². The van der Waals surface area contributed by atoms with Crippen molar-refractivity contribution in [2.24, 2.45) is 22.7 Å². The lowest BCUT2D eigenvalue weighted by molar-refractivity contribution is -0.124. The van der Waals surface area contributed by atoms with Crippen molar-refractivity contribution in [3.05, 3.63) is 18.5 Å². The van der Waals surface area contributed by atoms with Gasteiger partial charge in [0.05, 0.1) is 6.54 Å². The fraction of sp³-hybridized carbons (Fsp3) is 0.583. The van der Waals surface area contributed by atoms with Crippen molar-refractivity contribution in [3.63, 3.8) is 0 Å². The fourth-order valence-electron chi connectivity index (χ4n) is 1.91. The molecule has 0 radical (unpaired) electrons. The first-order valence-electron chi connectivity index (χ1n) is 6.21. The van der Waals surface area contributed by atoms with Crippen LogP contribution in [0.5, 0.6) is 0 Å². The lowest BCUT2D eigenvalue weighted by atomic mass is 9.93. The van der Waals surface area contributed by atoms with Crippen LogP contribution in [0.15, 0.2) is 23.6 Å². The van der Waals surface area contributed by atoms with E-state index in [2.05, 4.69) is 15.6 Å². The van der Waals surface area contributed by atoms with Crippen molar-refractivity contribution in [2.45, 2.75) is 33.4 Å². The number of nitrogens with zero attached hydrogens (tertiary/aromatic N) is 3. The molecular formula is C12H21N5O2. The van der Waals surface area contributed by atoms with Crippen molar-refractivity contribution in [2.75, 3.05) is 0 Å². The van der Waals surface area contributed by atoms with Gasteiger partial charge in [-0.2, -0.15) is 5.10 Å². The first-order valence-corrected chi connectivity index (χ1v) is 6.21. The van der Waals surface area contributed by atoms with Crippen LogP contribution in [-0.4, -0.2) is 32.8 Å². The molecule has 19 heavy (non-hydrogen) atoms. The van der Waals surface area contributed by atoms with Crippen LogP contribution in [0.4, 0.5) is 0 Å². The third-order valence-electron chi connectivity index (χ3n) is 2.79. The summed E-state index contributed by atoms with van der Waals surface area (Å²) in [5, 5.41) is 18.6. The number of amidine groups is 1. The van der Waals surface area contributed by atoms with Gasteiger partial charge in [-0.3, -0.25) is 9.48 Å². The number of oxime groups is 1. The third-order valence-corrected chi connectivity index (χ3v) is 2.79. The van der Waals surface area contributed by atoms with Crippen LogP contribution >= 0.6 is 0 Å². The predicted octanol–water partition coefficient (Wildman–Crippen LogP) is 0.406. The first kappa shape index (κ1) is 15.0. The van der Waals surface area contributed by atoms with Gasteiger partial charge in [0.25, 0.3) is 0 Å². The monoisotopic (exact) mass is 267 g/mol. The second kappa shape index (κ2) is 6.77. The number of nitrogens with one attached hydrogen (secondary N) is 1. The van der Waals surface area contributed by atoms with E-state index >= 15 is 0 Å². The van der Waals surface area contributed by atoms with Crippen LogP contribution in [0.3, 0.4) is 0 Å². The van der Waals surface area contributed by atoms with Crippen LogP contribution in [0.25, 0.3) is 0 Å². The first-order chi connectivity index (χ1) is 8.95. The molecule has 0 fully saturated rings. The highest BCUT2D eigenvalue weighted by atomic mass is 16.4. The lowest BCUT2D eigenvalue weighted by Crippen LogP contribution is -2.46. The largest absolute Gasteiger partial charge is 0.409 e. The Balaban J connectivity index is 2.61. The average Bonchev–Trinajstić information content (AvgIpc) is 2.80. The molecule has 1 rings (SSSR count). The minimum absolute atomic E-state index is 0.0483. The Morgan fingerprint density at radius 1 is 1.53 bits per heavy atom. The summed E-state index contributed by atoms with van der Waals surface area (Å²) in [6.45, 7) is 6.14. The van der Waals surface area contributed by atoms with Gasteiger partial charge in [0.15, 0.2) is 5.84 Å². The number of amides is 1. The van der Waals surface area contributed by atoms with Gasteiger partial charge < -0.3 is 16.3 Å². The summed E-state index contributed by atoms with van der Waals surface area (Å²) < 4.78 is 1.73. The molecule has 2 unspecified atom stereocenters. The summed E-state index contributed by atoms with van der Waals surface area (Å²) in [6, 6.07) is 1.72. The van der Waals surface area contributed by atoms with Crippen LogP contribution in [0, 0.1) is 11.8 Å². The van der Waals surface area contributed by atoms with E-state index in [0.717, 1.165) is 0 Å². The van der Waals surface area contributed by atoms with Crippen molar-refractivity contribution in [1.29, 1.82) is 0 Å². The Bertz CT molecular complexity index is 427. The van der Waals surface area contributed by atoms with Gasteiger partial charge in [0.2, 0.25) is 5.91 Å². The molecule has 0 bridgehead atoms. The Labute approximate surface area is 112 Å². The van der Waals surface area contributed by atoms with E-state index in [9.17, 15) is 4.79 Å². The zero-order chi connectivity index (χ0) is 14.4. The molecule has 1 aromatic heterocycles. The molecular weight excluding hydrogens is 246 g/mol. The maximum Gasteiger partial charge on any atom is 0.231 e. The molecule has 7 heteroatoms. The van der Waals surface area contributed by atoms with E-state index in [4.69, 9.17) is 10.9 Å². The highest BCUT2D eigenvalue weighted by Gasteiger charge is 2.27. The van der Waals surface area contributed by atoms with E-state index in [1.807, 2.05) is 33.0 Å². The Morgan fingerprint density at radius 3 is 2.68 bits per heavy atom. The number of hydrogen-bond acceptors (Lipinski definition) is 4. The third kappa shape index (κ3) is 4.27. The number of aromatic nitrogens is 2.